The van der Waals surface area contributed by atoms with Gasteiger partial charge in [0.05, 0.1) is 12.0 Å². The minimum absolute atomic E-state index is 0.168. The standard InChI is InChI=1S/C18H22N2O4S/c1-20(25(22,23)17-10-4-3-5-11-17)13-7-12-18(21)19-15-8-6-9-16(14-15)24-2/h3-6,8-11,14H,7,12-13H2,1-2H3,(H,19,21). The van der Waals surface area contributed by atoms with Gasteiger partial charge in [0.2, 0.25) is 15.9 Å². The van der Waals surface area contributed by atoms with Crippen molar-refractivity contribution in [3.63, 3.8) is 0 Å². The van der Waals surface area contributed by atoms with Crippen molar-refractivity contribution < 1.29 is 17.9 Å². The van der Waals surface area contributed by atoms with E-state index in [1.54, 1.807) is 61.7 Å². The van der Waals surface area contributed by atoms with Crippen LogP contribution >= 0.6 is 0 Å². The second kappa shape index (κ2) is 8.64. The summed E-state index contributed by atoms with van der Waals surface area (Å²) in [6, 6.07) is 15.3. The quantitative estimate of drug-likeness (QED) is 0.783. The minimum atomic E-state index is -3.52. The molecule has 0 atom stereocenters. The monoisotopic (exact) mass is 362 g/mol. The number of hydrogen-bond donors (Lipinski definition) is 1. The van der Waals surface area contributed by atoms with Gasteiger partial charge in [-0.15, -0.1) is 0 Å². The van der Waals surface area contributed by atoms with Crippen molar-refractivity contribution in [3.8, 4) is 5.75 Å². The highest BCUT2D eigenvalue weighted by Crippen LogP contribution is 2.17. The van der Waals surface area contributed by atoms with Gasteiger partial charge in [-0.2, -0.15) is 0 Å². The number of methoxy groups -OCH3 is 1. The molecule has 2 aromatic carbocycles. The lowest BCUT2D eigenvalue weighted by atomic mass is 10.2. The largest absolute Gasteiger partial charge is 0.497 e. The molecule has 6 nitrogen and oxygen atoms in total. The molecule has 0 spiro atoms. The van der Waals surface area contributed by atoms with Crippen molar-refractivity contribution >= 4 is 21.6 Å². The molecule has 0 aliphatic rings. The van der Waals surface area contributed by atoms with Gasteiger partial charge in [-0.25, -0.2) is 12.7 Å². The third-order valence-corrected chi connectivity index (χ3v) is 5.55. The summed E-state index contributed by atoms with van der Waals surface area (Å²) in [5.41, 5.74) is 0.648. The summed E-state index contributed by atoms with van der Waals surface area (Å²) in [6.07, 6.45) is 0.657. The summed E-state index contributed by atoms with van der Waals surface area (Å²) < 4.78 is 31.1. The maximum atomic E-state index is 12.4. The third-order valence-electron chi connectivity index (χ3n) is 3.68. The zero-order valence-corrected chi connectivity index (χ0v) is 15.1. The van der Waals surface area contributed by atoms with E-state index < -0.39 is 10.0 Å². The maximum absolute atomic E-state index is 12.4. The van der Waals surface area contributed by atoms with Crippen LogP contribution in [0.5, 0.6) is 5.75 Å². The van der Waals surface area contributed by atoms with E-state index in [1.165, 1.54) is 11.4 Å². The second-order valence-corrected chi connectivity index (χ2v) is 7.57. The van der Waals surface area contributed by atoms with Crippen LogP contribution in [0.25, 0.3) is 0 Å². The number of nitrogens with one attached hydrogen (secondary N) is 1. The lowest BCUT2D eigenvalue weighted by Gasteiger charge is -2.17. The van der Waals surface area contributed by atoms with Crippen molar-refractivity contribution in [3.05, 3.63) is 54.6 Å². The number of benzene rings is 2. The van der Waals surface area contributed by atoms with Crippen LogP contribution in [0.15, 0.2) is 59.5 Å². The third kappa shape index (κ3) is 5.30. The molecule has 0 saturated carbocycles. The van der Waals surface area contributed by atoms with Crippen LogP contribution in [-0.2, 0) is 14.8 Å². The molecule has 25 heavy (non-hydrogen) atoms. The first-order valence-electron chi connectivity index (χ1n) is 7.89. The van der Waals surface area contributed by atoms with Crippen molar-refractivity contribution in [2.75, 3.05) is 26.0 Å². The van der Waals surface area contributed by atoms with Gasteiger partial charge in [-0.1, -0.05) is 24.3 Å². The normalized spacial score (nSPS) is 11.3. The molecule has 0 aliphatic heterocycles. The Labute approximate surface area is 148 Å². The summed E-state index contributed by atoms with van der Waals surface area (Å²) in [7, 11) is -0.444. The molecule has 0 fully saturated rings. The fraction of sp³-hybridized carbons (Fsp3) is 0.278. The van der Waals surface area contributed by atoms with Crippen LogP contribution in [0.1, 0.15) is 12.8 Å². The topological polar surface area (TPSA) is 75.7 Å². The number of carbonyl (C=O) groups is 1. The van der Waals surface area contributed by atoms with Gasteiger partial charge in [-0.05, 0) is 30.7 Å². The Bertz CT molecular complexity index is 807. The molecule has 2 rings (SSSR count). The second-order valence-electron chi connectivity index (χ2n) is 5.52. The highest BCUT2D eigenvalue weighted by atomic mass is 32.2. The summed E-state index contributed by atoms with van der Waals surface area (Å²) in [4.78, 5) is 12.2. The average Bonchev–Trinajstić information content (AvgIpc) is 2.62. The maximum Gasteiger partial charge on any atom is 0.242 e. The number of ether oxygens (including phenoxy) is 1. The Morgan fingerprint density at radius 1 is 1.12 bits per heavy atom. The van der Waals surface area contributed by atoms with Crippen LogP contribution in [-0.4, -0.2) is 39.3 Å². The van der Waals surface area contributed by atoms with E-state index in [9.17, 15) is 13.2 Å². The van der Waals surface area contributed by atoms with E-state index in [0.717, 1.165) is 0 Å². The van der Waals surface area contributed by atoms with Gasteiger partial charge in [0.25, 0.3) is 0 Å². The van der Waals surface area contributed by atoms with Crippen LogP contribution in [0.2, 0.25) is 0 Å². The Morgan fingerprint density at radius 3 is 2.52 bits per heavy atom. The zero-order chi connectivity index (χ0) is 18.3. The fourth-order valence-electron chi connectivity index (χ4n) is 2.28. The molecule has 0 aliphatic carbocycles. The first kappa shape index (κ1) is 19.0. The fourth-order valence-corrected chi connectivity index (χ4v) is 3.51. The summed E-state index contributed by atoms with van der Waals surface area (Å²) in [6.45, 7) is 0.267. The number of amides is 1. The lowest BCUT2D eigenvalue weighted by Crippen LogP contribution is -2.28. The highest BCUT2D eigenvalue weighted by Gasteiger charge is 2.20. The minimum Gasteiger partial charge on any atom is -0.497 e. The van der Waals surface area contributed by atoms with Crippen molar-refractivity contribution in [1.29, 1.82) is 0 Å². The summed E-state index contributed by atoms with van der Waals surface area (Å²) >= 11 is 0. The Hall–Kier alpha value is -2.38. The molecule has 0 heterocycles. The van der Waals surface area contributed by atoms with Crippen LogP contribution in [0, 0.1) is 0 Å². The lowest BCUT2D eigenvalue weighted by molar-refractivity contribution is -0.116. The first-order chi connectivity index (χ1) is 11.9. The number of rotatable bonds is 8. The Kier molecular flexibility index (Phi) is 6.55. The van der Waals surface area contributed by atoms with Crippen molar-refractivity contribution in [2.45, 2.75) is 17.7 Å². The molecule has 0 unspecified atom stereocenters. The van der Waals surface area contributed by atoms with E-state index in [1.807, 2.05) is 0 Å². The molecule has 134 valence electrons. The van der Waals surface area contributed by atoms with Crippen LogP contribution < -0.4 is 10.1 Å². The number of carbonyl (C=O) groups excluding carboxylic acids is 1. The van der Waals surface area contributed by atoms with Gasteiger partial charge < -0.3 is 10.1 Å². The van der Waals surface area contributed by atoms with E-state index in [2.05, 4.69) is 5.32 Å². The van der Waals surface area contributed by atoms with E-state index in [4.69, 9.17) is 4.74 Å². The predicted molar refractivity (Wildman–Crippen MR) is 97.1 cm³/mol. The number of anilines is 1. The average molecular weight is 362 g/mol. The van der Waals surface area contributed by atoms with Gasteiger partial charge in [0.1, 0.15) is 5.75 Å². The highest BCUT2D eigenvalue weighted by molar-refractivity contribution is 7.89. The molecule has 0 bridgehead atoms. The summed E-state index contributed by atoms with van der Waals surface area (Å²) in [5, 5.41) is 2.77. The van der Waals surface area contributed by atoms with Crippen molar-refractivity contribution in [2.24, 2.45) is 0 Å². The number of nitrogens with zero attached hydrogens (tertiary/aromatic N) is 1. The predicted octanol–water partition coefficient (Wildman–Crippen LogP) is 2.73. The van der Waals surface area contributed by atoms with E-state index in [0.29, 0.717) is 17.9 Å². The van der Waals surface area contributed by atoms with Crippen molar-refractivity contribution in [1.82, 2.24) is 4.31 Å². The Morgan fingerprint density at radius 2 is 1.84 bits per heavy atom. The SMILES string of the molecule is COc1cccc(NC(=O)CCCN(C)S(=O)(=O)c2ccccc2)c1. The van der Waals surface area contributed by atoms with Gasteiger partial charge in [0.15, 0.2) is 0 Å². The smallest absolute Gasteiger partial charge is 0.242 e. The molecule has 0 saturated heterocycles. The van der Waals surface area contributed by atoms with Gasteiger partial charge in [-0.3, -0.25) is 4.79 Å². The van der Waals surface area contributed by atoms with Gasteiger partial charge in [0, 0.05) is 31.8 Å². The van der Waals surface area contributed by atoms with E-state index in [-0.39, 0.29) is 23.8 Å². The van der Waals surface area contributed by atoms with E-state index >= 15 is 0 Å². The number of sulfonamides is 1. The molecule has 2 aromatic rings. The molecular formula is C18H22N2O4S. The molecule has 1 N–H and O–H groups in total. The molecule has 0 radical (unpaired) electrons. The summed E-state index contributed by atoms with van der Waals surface area (Å²) in [5.74, 6) is 0.491. The molecular weight excluding hydrogens is 340 g/mol. The zero-order valence-electron chi connectivity index (χ0n) is 14.3. The molecule has 7 heteroatoms. The Balaban J connectivity index is 1.84. The van der Waals surface area contributed by atoms with Crippen LogP contribution in [0.4, 0.5) is 5.69 Å². The van der Waals surface area contributed by atoms with Crippen LogP contribution in [0.3, 0.4) is 0 Å². The molecule has 1 amide bonds. The molecule has 0 aromatic heterocycles. The number of hydrogen-bond acceptors (Lipinski definition) is 4. The van der Waals surface area contributed by atoms with Gasteiger partial charge >= 0.3 is 0 Å². The first-order valence-corrected chi connectivity index (χ1v) is 9.33.